The number of morpholine rings is 1. The van der Waals surface area contributed by atoms with E-state index in [2.05, 4.69) is 4.98 Å². The van der Waals surface area contributed by atoms with Crippen molar-refractivity contribution >= 4 is 28.3 Å². The van der Waals surface area contributed by atoms with Crippen molar-refractivity contribution in [3.63, 3.8) is 0 Å². The first kappa shape index (κ1) is 18.7. The van der Waals surface area contributed by atoms with Gasteiger partial charge >= 0.3 is 6.03 Å². The number of aryl methyl sites for hydroxylation is 1. The van der Waals surface area contributed by atoms with Gasteiger partial charge in [0.2, 0.25) is 0 Å². The summed E-state index contributed by atoms with van der Waals surface area (Å²) < 4.78 is 5.37. The molecule has 1 fully saturated rings. The lowest BCUT2D eigenvalue weighted by Crippen LogP contribution is -2.48. The van der Waals surface area contributed by atoms with Gasteiger partial charge in [-0.25, -0.2) is 4.79 Å². The Morgan fingerprint density at radius 3 is 2.79 bits per heavy atom. The lowest BCUT2D eigenvalue weighted by atomic mass is 10.1. The number of pyridine rings is 1. The van der Waals surface area contributed by atoms with E-state index in [4.69, 9.17) is 4.74 Å². The van der Waals surface area contributed by atoms with Crippen LogP contribution in [0, 0.1) is 6.92 Å². The van der Waals surface area contributed by atoms with Crippen molar-refractivity contribution in [2.45, 2.75) is 20.0 Å². The monoisotopic (exact) mass is 397 g/mol. The number of aromatic amines is 1. The molecule has 3 heterocycles. The normalized spacial score (nSPS) is 14.4. The number of nitrogens with zero attached hydrogens (tertiary/aromatic N) is 2. The van der Waals surface area contributed by atoms with Gasteiger partial charge in [0, 0.05) is 23.5 Å². The van der Waals surface area contributed by atoms with E-state index in [1.807, 2.05) is 48.7 Å². The van der Waals surface area contributed by atoms with Gasteiger partial charge < -0.3 is 19.5 Å². The van der Waals surface area contributed by atoms with Crippen LogP contribution in [0.4, 0.5) is 4.79 Å². The van der Waals surface area contributed by atoms with E-state index in [0.29, 0.717) is 38.4 Å². The van der Waals surface area contributed by atoms with Crippen molar-refractivity contribution in [1.82, 2.24) is 14.8 Å². The second-order valence-corrected chi connectivity index (χ2v) is 8.01. The summed E-state index contributed by atoms with van der Waals surface area (Å²) in [6.07, 6.45) is 0. The number of hydrogen-bond acceptors (Lipinski definition) is 4. The van der Waals surface area contributed by atoms with E-state index in [1.165, 1.54) is 0 Å². The summed E-state index contributed by atoms with van der Waals surface area (Å²) in [7, 11) is 0. The Bertz CT molecular complexity index is 1020. The predicted molar refractivity (Wildman–Crippen MR) is 111 cm³/mol. The minimum absolute atomic E-state index is 0.0551. The molecular formula is C21H23N3O3S. The zero-order chi connectivity index (χ0) is 19.5. The third kappa shape index (κ3) is 3.95. The number of fused-ring (bicyclic) bond motifs is 1. The molecule has 1 aromatic carbocycles. The molecule has 28 heavy (non-hydrogen) atoms. The molecule has 0 saturated carbocycles. The third-order valence-corrected chi connectivity index (χ3v) is 5.87. The van der Waals surface area contributed by atoms with Crippen molar-refractivity contribution < 1.29 is 9.53 Å². The number of amides is 2. The quantitative estimate of drug-likeness (QED) is 0.734. The molecule has 0 atom stereocenters. The summed E-state index contributed by atoms with van der Waals surface area (Å²) in [4.78, 5) is 33.5. The molecule has 1 aliphatic rings. The number of benzene rings is 1. The number of thiophene rings is 1. The van der Waals surface area contributed by atoms with Crippen molar-refractivity contribution in [1.29, 1.82) is 0 Å². The van der Waals surface area contributed by atoms with Crippen LogP contribution in [-0.2, 0) is 17.8 Å². The molecule has 146 valence electrons. The number of ether oxygens (including phenoxy) is 1. The van der Waals surface area contributed by atoms with E-state index in [0.717, 1.165) is 21.3 Å². The molecule has 1 N–H and O–H groups in total. The van der Waals surface area contributed by atoms with Gasteiger partial charge in [-0.3, -0.25) is 4.79 Å². The number of hydrogen-bond donors (Lipinski definition) is 1. The van der Waals surface area contributed by atoms with E-state index >= 15 is 0 Å². The van der Waals surface area contributed by atoms with Crippen molar-refractivity contribution in [2.75, 3.05) is 26.3 Å². The zero-order valence-corrected chi connectivity index (χ0v) is 16.6. The fourth-order valence-corrected chi connectivity index (χ4v) is 4.21. The van der Waals surface area contributed by atoms with E-state index in [-0.39, 0.29) is 18.1 Å². The second kappa shape index (κ2) is 8.16. The van der Waals surface area contributed by atoms with Gasteiger partial charge in [0.1, 0.15) is 0 Å². The topological polar surface area (TPSA) is 65.6 Å². The highest BCUT2D eigenvalue weighted by molar-refractivity contribution is 7.09. The van der Waals surface area contributed by atoms with Crippen molar-refractivity contribution in [3.8, 4) is 0 Å². The number of carbonyl (C=O) groups excluding carboxylic acids is 1. The molecule has 0 bridgehead atoms. The first-order valence-corrected chi connectivity index (χ1v) is 10.3. The molecule has 4 rings (SSSR count). The Labute approximate surface area is 167 Å². The molecule has 0 spiro atoms. The Balaban J connectivity index is 1.64. The van der Waals surface area contributed by atoms with Gasteiger partial charge in [0.05, 0.1) is 31.8 Å². The smallest absolute Gasteiger partial charge is 0.320 e. The Kier molecular flexibility index (Phi) is 5.45. The van der Waals surface area contributed by atoms with E-state index in [9.17, 15) is 9.59 Å². The van der Waals surface area contributed by atoms with Crippen LogP contribution >= 0.6 is 11.3 Å². The van der Waals surface area contributed by atoms with Crippen LogP contribution in [0.5, 0.6) is 0 Å². The van der Waals surface area contributed by atoms with Gasteiger partial charge in [-0.15, -0.1) is 11.3 Å². The molecule has 0 aliphatic carbocycles. The van der Waals surface area contributed by atoms with Crippen LogP contribution in [0.25, 0.3) is 10.9 Å². The lowest BCUT2D eigenvalue weighted by Gasteiger charge is -2.32. The number of rotatable bonds is 4. The third-order valence-electron chi connectivity index (χ3n) is 5.01. The fraction of sp³-hybridized carbons (Fsp3) is 0.333. The summed E-state index contributed by atoms with van der Waals surface area (Å²) in [5.41, 5.74) is 2.32. The molecule has 6 nitrogen and oxygen atoms in total. The van der Waals surface area contributed by atoms with Crippen LogP contribution in [0.2, 0.25) is 0 Å². The highest BCUT2D eigenvalue weighted by atomic mass is 32.1. The standard InChI is InChI=1S/C21H23N3O3S/c1-15-4-2-5-16-12-17(20(25)22-19(15)16)13-24(14-18-6-3-11-28-18)21(26)23-7-9-27-10-8-23/h2-6,11-12H,7-10,13-14H2,1H3,(H,22,25). The molecule has 0 radical (unpaired) electrons. The number of carbonyl (C=O) groups is 1. The Hall–Kier alpha value is -2.64. The lowest BCUT2D eigenvalue weighted by molar-refractivity contribution is 0.0419. The first-order chi connectivity index (χ1) is 13.6. The van der Waals surface area contributed by atoms with Crippen LogP contribution in [0.15, 0.2) is 46.6 Å². The SMILES string of the molecule is Cc1cccc2cc(CN(Cc3cccs3)C(=O)N3CCOCC3)c(=O)[nH]c12. The van der Waals surface area contributed by atoms with Crippen LogP contribution in [0.3, 0.4) is 0 Å². The van der Waals surface area contributed by atoms with Gasteiger partial charge in [-0.2, -0.15) is 0 Å². The average Bonchev–Trinajstić information content (AvgIpc) is 3.22. The van der Waals surface area contributed by atoms with Gasteiger partial charge in [0.25, 0.3) is 5.56 Å². The number of nitrogens with one attached hydrogen (secondary N) is 1. The maximum Gasteiger partial charge on any atom is 0.320 e. The number of para-hydroxylation sites is 1. The summed E-state index contributed by atoms with van der Waals surface area (Å²) in [5, 5.41) is 2.97. The van der Waals surface area contributed by atoms with Gasteiger partial charge in [-0.05, 0) is 35.4 Å². The molecule has 2 aromatic heterocycles. The molecule has 7 heteroatoms. The van der Waals surface area contributed by atoms with Crippen LogP contribution < -0.4 is 5.56 Å². The molecule has 2 amide bonds. The van der Waals surface area contributed by atoms with E-state index in [1.54, 1.807) is 21.1 Å². The average molecular weight is 398 g/mol. The highest BCUT2D eigenvalue weighted by Gasteiger charge is 2.24. The summed E-state index contributed by atoms with van der Waals surface area (Å²) in [6, 6.07) is 11.8. The maximum absolute atomic E-state index is 13.1. The fourth-order valence-electron chi connectivity index (χ4n) is 3.49. The zero-order valence-electron chi connectivity index (χ0n) is 15.8. The second-order valence-electron chi connectivity index (χ2n) is 6.98. The molecule has 3 aromatic rings. The summed E-state index contributed by atoms with van der Waals surface area (Å²) in [6.45, 7) is 4.98. The summed E-state index contributed by atoms with van der Waals surface area (Å²) in [5.74, 6) is 0. The maximum atomic E-state index is 13.1. The largest absolute Gasteiger partial charge is 0.378 e. The summed E-state index contributed by atoms with van der Waals surface area (Å²) >= 11 is 1.61. The highest BCUT2D eigenvalue weighted by Crippen LogP contribution is 2.19. The van der Waals surface area contributed by atoms with Crippen LogP contribution in [-0.4, -0.2) is 47.1 Å². The number of H-pyrrole nitrogens is 1. The Morgan fingerprint density at radius 1 is 1.21 bits per heavy atom. The van der Waals surface area contributed by atoms with Crippen molar-refractivity contribution in [3.05, 3.63) is 68.1 Å². The predicted octanol–water partition coefficient (Wildman–Crippen LogP) is 3.35. The van der Waals surface area contributed by atoms with E-state index < -0.39 is 0 Å². The van der Waals surface area contributed by atoms with Crippen molar-refractivity contribution in [2.24, 2.45) is 0 Å². The van der Waals surface area contributed by atoms with Gasteiger partial charge in [-0.1, -0.05) is 24.3 Å². The molecule has 0 unspecified atom stereocenters. The number of aromatic nitrogens is 1. The molecule has 1 saturated heterocycles. The molecule has 1 aliphatic heterocycles. The van der Waals surface area contributed by atoms with Crippen LogP contribution in [0.1, 0.15) is 16.0 Å². The Morgan fingerprint density at radius 2 is 2.04 bits per heavy atom. The van der Waals surface area contributed by atoms with Gasteiger partial charge in [0.15, 0.2) is 0 Å². The first-order valence-electron chi connectivity index (χ1n) is 9.37. The molecular weight excluding hydrogens is 374 g/mol. The number of urea groups is 1. The minimum Gasteiger partial charge on any atom is -0.378 e. The minimum atomic E-state index is -0.146.